The van der Waals surface area contributed by atoms with Gasteiger partial charge in [-0.15, -0.1) is 5.10 Å². The van der Waals surface area contributed by atoms with Crippen molar-refractivity contribution in [3.63, 3.8) is 0 Å². The highest BCUT2D eigenvalue weighted by molar-refractivity contribution is 5.76. The fraction of sp³-hybridized carbons (Fsp3) is 0.412. The van der Waals surface area contributed by atoms with Crippen molar-refractivity contribution in [2.75, 3.05) is 19.6 Å². The summed E-state index contributed by atoms with van der Waals surface area (Å²) in [5.41, 5.74) is 0.354. The smallest absolute Gasteiger partial charge is 0.336 e. The van der Waals surface area contributed by atoms with Crippen LogP contribution >= 0.6 is 0 Å². The molecule has 1 fully saturated rings. The molecule has 0 aliphatic carbocycles. The van der Waals surface area contributed by atoms with Crippen LogP contribution in [0.1, 0.15) is 18.3 Å². The number of piperazine rings is 1. The van der Waals surface area contributed by atoms with Crippen LogP contribution in [0.4, 0.5) is 0 Å². The maximum Gasteiger partial charge on any atom is 0.350 e. The summed E-state index contributed by atoms with van der Waals surface area (Å²) < 4.78 is 4.77. The standard InChI is InChI=1S/C17H21N7O2/c1-21-10-7-19-16(21)13-12-18-6-11-22(13)15(25)5-9-24-17(26)23-8-3-2-4-14(23)20-24/h2-4,7-8,10,13,18H,5-6,9,11-12H2,1H3. The van der Waals surface area contributed by atoms with Gasteiger partial charge in [-0.2, -0.15) is 0 Å². The third kappa shape index (κ3) is 2.90. The zero-order valence-electron chi connectivity index (χ0n) is 14.6. The minimum atomic E-state index is -0.227. The van der Waals surface area contributed by atoms with E-state index in [4.69, 9.17) is 0 Å². The van der Waals surface area contributed by atoms with Crippen molar-refractivity contribution < 1.29 is 4.79 Å². The first-order valence-electron chi connectivity index (χ1n) is 8.67. The number of hydrogen-bond donors (Lipinski definition) is 1. The van der Waals surface area contributed by atoms with Crippen molar-refractivity contribution in [3.05, 3.63) is 53.1 Å². The summed E-state index contributed by atoms with van der Waals surface area (Å²) in [6, 6.07) is 5.28. The van der Waals surface area contributed by atoms with Crippen molar-refractivity contribution in [1.29, 1.82) is 0 Å². The van der Waals surface area contributed by atoms with E-state index < -0.39 is 0 Å². The number of hydrogen-bond acceptors (Lipinski definition) is 5. The lowest BCUT2D eigenvalue weighted by atomic mass is 10.1. The molecule has 1 N–H and O–H groups in total. The highest BCUT2D eigenvalue weighted by atomic mass is 16.2. The number of nitrogens with zero attached hydrogens (tertiary/aromatic N) is 6. The van der Waals surface area contributed by atoms with Gasteiger partial charge in [-0.25, -0.2) is 14.5 Å². The second-order valence-corrected chi connectivity index (χ2v) is 6.39. The zero-order chi connectivity index (χ0) is 18.1. The van der Waals surface area contributed by atoms with Gasteiger partial charge in [0.15, 0.2) is 5.65 Å². The number of aryl methyl sites for hydroxylation is 2. The Kier molecular flexibility index (Phi) is 4.29. The van der Waals surface area contributed by atoms with Gasteiger partial charge in [-0.05, 0) is 12.1 Å². The first-order chi connectivity index (χ1) is 12.6. The molecule has 9 heteroatoms. The number of aromatic nitrogens is 5. The first kappa shape index (κ1) is 16.5. The molecule has 0 spiro atoms. The number of rotatable bonds is 4. The molecule has 3 aromatic rings. The molecule has 1 aliphatic rings. The zero-order valence-corrected chi connectivity index (χ0v) is 14.6. The lowest BCUT2D eigenvalue weighted by Gasteiger charge is -2.35. The number of carbonyl (C=O) groups excluding carboxylic acids is 1. The normalized spacial score (nSPS) is 17.7. The van der Waals surface area contributed by atoms with Crippen LogP contribution in [-0.2, 0) is 18.4 Å². The molecule has 1 amide bonds. The Hall–Kier alpha value is -2.94. The van der Waals surface area contributed by atoms with Gasteiger partial charge in [0, 0.05) is 51.7 Å². The molecule has 1 aliphatic heterocycles. The van der Waals surface area contributed by atoms with Crippen molar-refractivity contribution >= 4 is 11.6 Å². The molecule has 1 saturated heterocycles. The molecule has 26 heavy (non-hydrogen) atoms. The average Bonchev–Trinajstić information content (AvgIpc) is 3.23. The van der Waals surface area contributed by atoms with E-state index in [0.717, 1.165) is 12.4 Å². The highest BCUT2D eigenvalue weighted by Crippen LogP contribution is 2.21. The van der Waals surface area contributed by atoms with Gasteiger partial charge in [-0.3, -0.25) is 9.20 Å². The topological polar surface area (TPSA) is 89.5 Å². The van der Waals surface area contributed by atoms with Crippen LogP contribution < -0.4 is 11.0 Å². The molecule has 0 bridgehead atoms. The lowest BCUT2D eigenvalue weighted by Crippen LogP contribution is -2.49. The summed E-state index contributed by atoms with van der Waals surface area (Å²) in [4.78, 5) is 31.4. The number of pyridine rings is 1. The maximum atomic E-state index is 12.8. The molecule has 1 atom stereocenters. The minimum Gasteiger partial charge on any atom is -0.336 e. The Labute approximate surface area is 149 Å². The molecular formula is C17H21N7O2. The molecule has 0 radical (unpaired) electrons. The van der Waals surface area contributed by atoms with E-state index in [0.29, 0.717) is 18.7 Å². The molecule has 136 valence electrons. The molecular weight excluding hydrogens is 334 g/mol. The van der Waals surface area contributed by atoms with E-state index >= 15 is 0 Å². The third-order valence-corrected chi connectivity index (χ3v) is 4.75. The second-order valence-electron chi connectivity index (χ2n) is 6.39. The third-order valence-electron chi connectivity index (χ3n) is 4.75. The predicted octanol–water partition coefficient (Wildman–Crippen LogP) is -0.207. The van der Waals surface area contributed by atoms with Crippen molar-refractivity contribution in [3.8, 4) is 0 Å². The summed E-state index contributed by atoms with van der Waals surface area (Å²) in [7, 11) is 1.93. The Morgan fingerprint density at radius 3 is 3.00 bits per heavy atom. The van der Waals surface area contributed by atoms with Gasteiger partial charge in [0.1, 0.15) is 11.9 Å². The van der Waals surface area contributed by atoms with Crippen LogP contribution in [0.5, 0.6) is 0 Å². The monoisotopic (exact) mass is 355 g/mol. The fourth-order valence-electron chi connectivity index (χ4n) is 3.39. The molecule has 4 heterocycles. The molecule has 0 aromatic carbocycles. The van der Waals surface area contributed by atoms with Crippen LogP contribution in [0, 0.1) is 0 Å². The minimum absolute atomic E-state index is 0.00320. The molecule has 1 unspecified atom stereocenters. The Morgan fingerprint density at radius 2 is 2.23 bits per heavy atom. The predicted molar refractivity (Wildman–Crippen MR) is 94.6 cm³/mol. The number of amides is 1. The van der Waals surface area contributed by atoms with Crippen molar-refractivity contribution in [2.24, 2.45) is 7.05 Å². The summed E-state index contributed by atoms with van der Waals surface area (Å²) in [6.45, 7) is 2.30. The van der Waals surface area contributed by atoms with Crippen molar-refractivity contribution in [1.82, 2.24) is 33.9 Å². The van der Waals surface area contributed by atoms with E-state index in [1.54, 1.807) is 24.5 Å². The second kappa shape index (κ2) is 6.75. The van der Waals surface area contributed by atoms with E-state index in [2.05, 4.69) is 15.4 Å². The van der Waals surface area contributed by atoms with E-state index in [1.807, 2.05) is 28.8 Å². The number of nitrogens with one attached hydrogen (secondary N) is 1. The Bertz CT molecular complexity index is 986. The number of carbonyl (C=O) groups is 1. The van der Waals surface area contributed by atoms with E-state index in [1.165, 1.54) is 9.08 Å². The fourth-order valence-corrected chi connectivity index (χ4v) is 3.39. The first-order valence-corrected chi connectivity index (χ1v) is 8.67. The highest BCUT2D eigenvalue weighted by Gasteiger charge is 2.30. The van der Waals surface area contributed by atoms with Gasteiger partial charge in [0.05, 0.1) is 6.54 Å². The van der Waals surface area contributed by atoms with Crippen LogP contribution in [0.15, 0.2) is 41.6 Å². The number of imidazole rings is 1. The SMILES string of the molecule is Cn1ccnc1C1CNCCN1C(=O)CCn1nc2ccccn2c1=O. The molecule has 0 saturated carbocycles. The van der Waals surface area contributed by atoms with Crippen LogP contribution in [0.25, 0.3) is 5.65 Å². The average molecular weight is 355 g/mol. The largest absolute Gasteiger partial charge is 0.350 e. The van der Waals surface area contributed by atoms with E-state index in [9.17, 15) is 9.59 Å². The Morgan fingerprint density at radius 1 is 1.35 bits per heavy atom. The summed E-state index contributed by atoms with van der Waals surface area (Å²) in [5.74, 6) is 0.860. The Balaban J connectivity index is 1.50. The van der Waals surface area contributed by atoms with Gasteiger partial charge < -0.3 is 14.8 Å². The van der Waals surface area contributed by atoms with Crippen LogP contribution in [0.3, 0.4) is 0 Å². The quantitative estimate of drug-likeness (QED) is 0.700. The maximum absolute atomic E-state index is 12.8. The van der Waals surface area contributed by atoms with Crippen LogP contribution in [-0.4, -0.2) is 54.2 Å². The van der Waals surface area contributed by atoms with Gasteiger partial charge in [0.2, 0.25) is 5.91 Å². The molecule has 9 nitrogen and oxygen atoms in total. The summed E-state index contributed by atoms with van der Waals surface area (Å²) >= 11 is 0. The molecule has 3 aromatic heterocycles. The summed E-state index contributed by atoms with van der Waals surface area (Å²) in [5, 5.41) is 7.60. The van der Waals surface area contributed by atoms with E-state index in [-0.39, 0.29) is 30.6 Å². The van der Waals surface area contributed by atoms with Crippen molar-refractivity contribution in [2.45, 2.75) is 19.0 Å². The van der Waals surface area contributed by atoms with Gasteiger partial charge in [0.25, 0.3) is 0 Å². The van der Waals surface area contributed by atoms with Crippen LogP contribution in [0.2, 0.25) is 0 Å². The lowest BCUT2D eigenvalue weighted by molar-refractivity contribution is -0.135. The van der Waals surface area contributed by atoms with Gasteiger partial charge in [-0.1, -0.05) is 6.07 Å². The summed E-state index contributed by atoms with van der Waals surface area (Å²) in [6.07, 6.45) is 5.52. The number of fused-ring (bicyclic) bond motifs is 1. The van der Waals surface area contributed by atoms with Gasteiger partial charge >= 0.3 is 5.69 Å². The molecule has 4 rings (SSSR count).